The van der Waals surface area contributed by atoms with Crippen molar-refractivity contribution in [2.45, 2.75) is 38.5 Å². The summed E-state index contributed by atoms with van der Waals surface area (Å²) in [4.78, 5) is 19.2. The molecule has 3 heterocycles. The van der Waals surface area contributed by atoms with Gasteiger partial charge in [0.05, 0.1) is 12.0 Å². The molecule has 1 N–H and O–H groups in total. The monoisotopic (exact) mass is 337 g/mol. The standard InChI is InChI=1S/C20H23N3O2/c1-13-11-23(12-14(2)22-13)16-5-6-19-17(8-16)18(24)9-20(25-19)15-4-3-7-21-10-15/h3-8,10,13-14,20,22H,9,11-12H2,1-2H3/t13-,14+,20?. The van der Waals surface area contributed by atoms with E-state index in [1.54, 1.807) is 12.4 Å². The van der Waals surface area contributed by atoms with Crippen molar-refractivity contribution in [1.29, 1.82) is 0 Å². The molecule has 130 valence electrons. The number of ether oxygens (including phenoxy) is 1. The molecule has 2 aliphatic rings. The Bertz CT molecular complexity index is 768. The van der Waals surface area contributed by atoms with Crippen LogP contribution in [0.15, 0.2) is 42.7 Å². The molecule has 1 saturated heterocycles. The van der Waals surface area contributed by atoms with E-state index in [1.807, 2.05) is 24.3 Å². The Hall–Kier alpha value is -2.40. The first-order valence-corrected chi connectivity index (χ1v) is 8.85. The van der Waals surface area contributed by atoms with Gasteiger partial charge >= 0.3 is 0 Å². The van der Waals surface area contributed by atoms with Gasteiger partial charge in [0.25, 0.3) is 0 Å². The number of rotatable bonds is 2. The summed E-state index contributed by atoms with van der Waals surface area (Å²) in [5, 5.41) is 3.53. The van der Waals surface area contributed by atoms with Gasteiger partial charge in [-0.05, 0) is 38.1 Å². The molecule has 5 heteroatoms. The van der Waals surface area contributed by atoms with Gasteiger partial charge in [-0.1, -0.05) is 6.07 Å². The minimum atomic E-state index is -0.251. The number of benzene rings is 1. The molecule has 1 fully saturated rings. The van der Waals surface area contributed by atoms with Crippen molar-refractivity contribution in [1.82, 2.24) is 10.3 Å². The highest BCUT2D eigenvalue weighted by Gasteiger charge is 2.29. The largest absolute Gasteiger partial charge is 0.484 e. The van der Waals surface area contributed by atoms with E-state index in [4.69, 9.17) is 4.74 Å². The lowest BCUT2D eigenvalue weighted by Gasteiger charge is -2.38. The SMILES string of the molecule is C[C@@H]1CN(c2ccc3c(c2)C(=O)CC(c2cccnc2)O3)C[C@H](C)N1. The van der Waals surface area contributed by atoms with Crippen LogP contribution in [0.3, 0.4) is 0 Å². The first kappa shape index (κ1) is 16.1. The zero-order valence-corrected chi connectivity index (χ0v) is 14.6. The van der Waals surface area contributed by atoms with Gasteiger partial charge in [-0.25, -0.2) is 0 Å². The lowest BCUT2D eigenvalue weighted by atomic mass is 9.96. The van der Waals surface area contributed by atoms with Crippen LogP contribution in [0, 0.1) is 0 Å². The van der Waals surface area contributed by atoms with Crippen LogP contribution in [0.5, 0.6) is 5.75 Å². The second-order valence-electron chi connectivity index (χ2n) is 7.07. The molecule has 0 saturated carbocycles. The van der Waals surface area contributed by atoms with Crippen LogP contribution >= 0.6 is 0 Å². The van der Waals surface area contributed by atoms with Gasteiger partial charge in [0.1, 0.15) is 11.9 Å². The average Bonchev–Trinajstić information content (AvgIpc) is 2.61. The molecule has 3 atom stereocenters. The zero-order valence-electron chi connectivity index (χ0n) is 14.6. The highest BCUT2D eigenvalue weighted by atomic mass is 16.5. The van der Waals surface area contributed by atoms with Crippen LogP contribution < -0.4 is 15.0 Å². The Morgan fingerprint density at radius 1 is 1.20 bits per heavy atom. The van der Waals surface area contributed by atoms with Crippen molar-refractivity contribution < 1.29 is 9.53 Å². The molecule has 1 aromatic carbocycles. The number of carbonyl (C=O) groups excluding carboxylic acids is 1. The molecule has 2 aliphatic heterocycles. The number of nitrogens with one attached hydrogen (secondary N) is 1. The lowest BCUT2D eigenvalue weighted by molar-refractivity contribution is 0.0850. The minimum absolute atomic E-state index is 0.133. The van der Waals surface area contributed by atoms with Crippen LogP contribution in [-0.4, -0.2) is 35.9 Å². The Morgan fingerprint density at radius 2 is 2.00 bits per heavy atom. The van der Waals surface area contributed by atoms with Crippen molar-refractivity contribution >= 4 is 11.5 Å². The summed E-state index contributed by atoms with van der Waals surface area (Å²) in [5.74, 6) is 0.804. The number of carbonyl (C=O) groups is 1. The molecule has 25 heavy (non-hydrogen) atoms. The second kappa shape index (κ2) is 6.48. The van der Waals surface area contributed by atoms with Crippen molar-refractivity contribution in [3.8, 4) is 5.75 Å². The fourth-order valence-electron chi connectivity index (χ4n) is 3.80. The number of nitrogens with zero attached hydrogens (tertiary/aromatic N) is 2. The van der Waals surface area contributed by atoms with Crippen molar-refractivity contribution in [2.75, 3.05) is 18.0 Å². The zero-order chi connectivity index (χ0) is 17.4. The average molecular weight is 337 g/mol. The number of hydrogen-bond acceptors (Lipinski definition) is 5. The van der Waals surface area contributed by atoms with Crippen LogP contribution in [0.4, 0.5) is 5.69 Å². The van der Waals surface area contributed by atoms with Gasteiger partial charge in [-0.15, -0.1) is 0 Å². The number of hydrogen-bond donors (Lipinski definition) is 1. The molecule has 4 rings (SSSR count). The van der Waals surface area contributed by atoms with E-state index >= 15 is 0 Å². The summed E-state index contributed by atoms with van der Waals surface area (Å²) in [6.45, 7) is 6.26. The van der Waals surface area contributed by atoms with Gasteiger partial charge in [-0.3, -0.25) is 9.78 Å². The Balaban J connectivity index is 1.59. The van der Waals surface area contributed by atoms with E-state index in [0.717, 1.165) is 24.3 Å². The number of aromatic nitrogens is 1. The minimum Gasteiger partial charge on any atom is -0.484 e. The molecule has 1 aromatic heterocycles. The van der Waals surface area contributed by atoms with Crippen LogP contribution in [-0.2, 0) is 0 Å². The van der Waals surface area contributed by atoms with Gasteiger partial charge in [-0.2, -0.15) is 0 Å². The summed E-state index contributed by atoms with van der Waals surface area (Å²) < 4.78 is 6.08. The maximum absolute atomic E-state index is 12.7. The maximum Gasteiger partial charge on any atom is 0.170 e. The van der Waals surface area contributed by atoms with Crippen LogP contribution in [0.25, 0.3) is 0 Å². The molecule has 0 aliphatic carbocycles. The highest BCUT2D eigenvalue weighted by molar-refractivity contribution is 6.00. The fraction of sp³-hybridized carbons (Fsp3) is 0.400. The number of anilines is 1. The molecule has 0 spiro atoms. The number of fused-ring (bicyclic) bond motifs is 1. The lowest BCUT2D eigenvalue weighted by Crippen LogP contribution is -2.54. The van der Waals surface area contributed by atoms with E-state index in [-0.39, 0.29) is 11.9 Å². The molecular weight excluding hydrogens is 314 g/mol. The first-order chi connectivity index (χ1) is 12.1. The third-order valence-electron chi connectivity index (χ3n) is 4.88. The highest BCUT2D eigenvalue weighted by Crippen LogP contribution is 2.36. The molecule has 0 amide bonds. The van der Waals surface area contributed by atoms with Gasteiger partial charge in [0, 0.05) is 48.8 Å². The first-order valence-electron chi connectivity index (χ1n) is 8.85. The molecule has 0 radical (unpaired) electrons. The smallest absolute Gasteiger partial charge is 0.170 e. The number of Topliss-reactive ketones (excluding diaryl/α,β-unsaturated/α-hetero) is 1. The van der Waals surface area contributed by atoms with Gasteiger partial charge in [0.2, 0.25) is 0 Å². The normalized spacial score (nSPS) is 26.1. The molecule has 0 bridgehead atoms. The van der Waals surface area contributed by atoms with E-state index in [1.165, 1.54) is 0 Å². The summed E-state index contributed by atoms with van der Waals surface area (Å²) in [7, 11) is 0. The summed E-state index contributed by atoms with van der Waals surface area (Å²) in [6, 6.07) is 10.7. The molecule has 1 unspecified atom stereocenters. The summed E-state index contributed by atoms with van der Waals surface area (Å²) in [5.41, 5.74) is 2.72. The summed E-state index contributed by atoms with van der Waals surface area (Å²) in [6.07, 6.45) is 3.60. The molecule has 2 aromatic rings. The van der Waals surface area contributed by atoms with Gasteiger partial charge < -0.3 is 15.0 Å². The predicted molar refractivity (Wildman–Crippen MR) is 97.3 cm³/mol. The van der Waals surface area contributed by atoms with E-state index in [2.05, 4.69) is 35.1 Å². The summed E-state index contributed by atoms with van der Waals surface area (Å²) >= 11 is 0. The molecular formula is C20H23N3O2. The van der Waals surface area contributed by atoms with Gasteiger partial charge in [0.15, 0.2) is 5.78 Å². The fourth-order valence-corrected chi connectivity index (χ4v) is 3.80. The third-order valence-corrected chi connectivity index (χ3v) is 4.88. The number of pyridine rings is 1. The van der Waals surface area contributed by atoms with Crippen LogP contribution in [0.2, 0.25) is 0 Å². The maximum atomic E-state index is 12.7. The van der Waals surface area contributed by atoms with E-state index in [0.29, 0.717) is 29.8 Å². The number of ketones is 1. The van der Waals surface area contributed by atoms with E-state index in [9.17, 15) is 4.79 Å². The van der Waals surface area contributed by atoms with Crippen molar-refractivity contribution in [3.63, 3.8) is 0 Å². The molecule has 5 nitrogen and oxygen atoms in total. The predicted octanol–water partition coefficient (Wildman–Crippen LogP) is 2.97. The van der Waals surface area contributed by atoms with Crippen LogP contribution in [0.1, 0.15) is 42.3 Å². The Kier molecular flexibility index (Phi) is 4.17. The quantitative estimate of drug-likeness (QED) is 0.913. The second-order valence-corrected chi connectivity index (χ2v) is 7.07. The number of piperazine rings is 1. The Labute approximate surface area is 148 Å². The topological polar surface area (TPSA) is 54.5 Å². The van der Waals surface area contributed by atoms with Crippen molar-refractivity contribution in [2.24, 2.45) is 0 Å². The Morgan fingerprint density at radius 3 is 2.72 bits per heavy atom. The third kappa shape index (κ3) is 3.24. The van der Waals surface area contributed by atoms with E-state index < -0.39 is 0 Å². The van der Waals surface area contributed by atoms with Crippen molar-refractivity contribution in [3.05, 3.63) is 53.9 Å².